The summed E-state index contributed by atoms with van der Waals surface area (Å²) in [7, 11) is 0. The molecule has 178 valence electrons. The number of carbonyl (C=O) groups is 2. The predicted octanol–water partition coefficient (Wildman–Crippen LogP) is 4.08. The average molecular weight is 472 g/mol. The van der Waals surface area contributed by atoms with Crippen LogP contribution in [0, 0.1) is 11.7 Å². The van der Waals surface area contributed by atoms with E-state index in [2.05, 4.69) is 14.7 Å². The van der Waals surface area contributed by atoms with Gasteiger partial charge in [0.15, 0.2) is 0 Å². The molecule has 0 radical (unpaired) electrons. The van der Waals surface area contributed by atoms with Gasteiger partial charge < -0.3 is 18.9 Å². The van der Waals surface area contributed by atoms with E-state index in [1.54, 1.807) is 6.92 Å². The van der Waals surface area contributed by atoms with Gasteiger partial charge >= 0.3 is 24.3 Å². The van der Waals surface area contributed by atoms with Crippen LogP contribution in [0.15, 0.2) is 16.7 Å². The van der Waals surface area contributed by atoms with Crippen LogP contribution in [0.25, 0.3) is 11.4 Å². The third kappa shape index (κ3) is 4.71. The lowest BCUT2D eigenvalue weighted by Crippen LogP contribution is -2.43. The van der Waals surface area contributed by atoms with Crippen molar-refractivity contribution in [2.24, 2.45) is 5.92 Å². The Labute approximate surface area is 185 Å². The molecule has 2 aliphatic heterocycles. The molecule has 1 aromatic carbocycles. The third-order valence-corrected chi connectivity index (χ3v) is 5.51. The van der Waals surface area contributed by atoms with Gasteiger partial charge in [0.25, 0.3) is 0 Å². The first-order valence-corrected chi connectivity index (χ1v) is 10.2. The van der Waals surface area contributed by atoms with Crippen LogP contribution in [-0.4, -0.2) is 57.9 Å². The highest BCUT2D eigenvalue weighted by Gasteiger charge is 2.39. The second-order valence-corrected chi connectivity index (χ2v) is 8.12. The Morgan fingerprint density at radius 1 is 1.21 bits per heavy atom. The van der Waals surface area contributed by atoms with Gasteiger partial charge in [-0.15, -0.1) is 0 Å². The van der Waals surface area contributed by atoms with Crippen molar-refractivity contribution >= 4 is 12.2 Å². The molecular formula is C20H20F4N4O5. The molecule has 1 unspecified atom stereocenters. The maximum Gasteiger partial charge on any atom is 0.471 e. The minimum absolute atomic E-state index is 0.00482. The van der Waals surface area contributed by atoms with Gasteiger partial charge in [-0.2, -0.15) is 18.2 Å². The molecule has 1 aromatic heterocycles. The highest BCUT2D eigenvalue weighted by molar-refractivity contribution is 5.84. The van der Waals surface area contributed by atoms with Crippen molar-refractivity contribution in [3.8, 4) is 17.1 Å². The number of ether oxygens (including phenoxy) is 2. The number of rotatable bonds is 1. The molecule has 0 aliphatic carbocycles. The fourth-order valence-corrected chi connectivity index (χ4v) is 3.65. The number of halogens is 4. The van der Waals surface area contributed by atoms with Crippen LogP contribution < -0.4 is 4.74 Å². The summed E-state index contributed by atoms with van der Waals surface area (Å²) in [4.78, 5) is 30.8. The van der Waals surface area contributed by atoms with Gasteiger partial charge in [-0.05, 0) is 31.4 Å². The minimum Gasteiger partial charge on any atom is -0.491 e. The summed E-state index contributed by atoms with van der Waals surface area (Å²) in [5.74, 6) is -2.57. The Balaban J connectivity index is 1.54. The molecule has 2 atom stereocenters. The van der Waals surface area contributed by atoms with Crippen LogP contribution >= 0.6 is 0 Å². The van der Waals surface area contributed by atoms with Gasteiger partial charge in [0.1, 0.15) is 18.2 Å². The Morgan fingerprint density at radius 2 is 1.97 bits per heavy atom. The number of nitrogens with zero attached hydrogens (tertiary/aromatic N) is 4. The summed E-state index contributed by atoms with van der Waals surface area (Å²) in [5, 5.41) is 3.25. The summed E-state index contributed by atoms with van der Waals surface area (Å²) in [5.41, 5.74) is -0.116. The van der Waals surface area contributed by atoms with Gasteiger partial charge in [0, 0.05) is 24.2 Å². The van der Waals surface area contributed by atoms with Gasteiger partial charge in [-0.25, -0.2) is 14.0 Å². The Bertz CT molecular complexity index is 1070. The Morgan fingerprint density at radius 3 is 2.61 bits per heavy atom. The molecule has 1 fully saturated rings. The monoisotopic (exact) mass is 472 g/mol. The van der Waals surface area contributed by atoms with Crippen LogP contribution in [0.1, 0.15) is 31.7 Å². The number of hydrogen-bond donors (Lipinski definition) is 0. The lowest BCUT2D eigenvalue weighted by Gasteiger charge is -2.26. The highest BCUT2D eigenvalue weighted by atomic mass is 19.4. The number of likely N-dealkylation sites (tertiary alicyclic amines) is 1. The first-order valence-electron chi connectivity index (χ1n) is 10.2. The van der Waals surface area contributed by atoms with Crippen molar-refractivity contribution in [1.29, 1.82) is 0 Å². The summed E-state index contributed by atoms with van der Waals surface area (Å²) >= 11 is 0. The second-order valence-electron chi connectivity index (χ2n) is 8.12. The van der Waals surface area contributed by atoms with E-state index in [1.165, 1.54) is 11.0 Å². The van der Waals surface area contributed by atoms with E-state index in [1.807, 2.05) is 6.92 Å². The molecule has 4 rings (SSSR count). The SMILES string of the molecule is CC1CCN(C(=O)OC(=O)N2Cc3c(F)cc(-c4noc(C(F)(F)F)n4)cc3OC[C@@H]2C)C1. The zero-order chi connectivity index (χ0) is 23.9. The van der Waals surface area contributed by atoms with Crippen molar-refractivity contribution in [2.75, 3.05) is 19.7 Å². The van der Waals surface area contributed by atoms with E-state index in [0.717, 1.165) is 17.4 Å². The molecular weight excluding hydrogens is 452 g/mol. The molecule has 33 heavy (non-hydrogen) atoms. The average Bonchev–Trinajstić information content (AvgIpc) is 3.36. The van der Waals surface area contributed by atoms with E-state index in [4.69, 9.17) is 9.47 Å². The minimum atomic E-state index is -4.84. The first-order chi connectivity index (χ1) is 15.5. The lowest BCUT2D eigenvalue weighted by molar-refractivity contribution is -0.159. The van der Waals surface area contributed by atoms with E-state index in [0.29, 0.717) is 19.0 Å². The quantitative estimate of drug-likeness (QED) is 0.456. The maximum absolute atomic E-state index is 14.9. The molecule has 2 amide bonds. The summed E-state index contributed by atoms with van der Waals surface area (Å²) < 4.78 is 67.8. The molecule has 0 saturated carbocycles. The van der Waals surface area contributed by atoms with Crippen molar-refractivity contribution < 1.29 is 41.1 Å². The van der Waals surface area contributed by atoms with Crippen LogP contribution in [0.4, 0.5) is 27.2 Å². The first kappa shape index (κ1) is 22.8. The lowest BCUT2D eigenvalue weighted by atomic mass is 10.1. The summed E-state index contributed by atoms with van der Waals surface area (Å²) in [6.45, 7) is 4.24. The molecule has 0 bridgehead atoms. The standard InChI is InChI=1S/C20H20F4N4O5/c1-10-3-4-27(7-10)18(29)32-19(30)28-8-13-14(21)5-12(6-15(13)31-9-11(28)2)16-25-17(33-26-16)20(22,23)24/h5-6,10-11H,3-4,7-9H2,1-2H3/t10?,11-/m0/s1. The number of benzene rings is 1. The molecule has 9 nitrogen and oxygen atoms in total. The fourth-order valence-electron chi connectivity index (χ4n) is 3.65. The van der Waals surface area contributed by atoms with Gasteiger partial charge in [0.2, 0.25) is 5.82 Å². The predicted molar refractivity (Wildman–Crippen MR) is 102 cm³/mol. The maximum atomic E-state index is 14.9. The second kappa shape index (κ2) is 8.52. The smallest absolute Gasteiger partial charge is 0.471 e. The van der Waals surface area contributed by atoms with Crippen molar-refractivity contribution in [2.45, 2.75) is 39.0 Å². The van der Waals surface area contributed by atoms with Crippen LogP contribution in [0.5, 0.6) is 5.75 Å². The van der Waals surface area contributed by atoms with Crippen molar-refractivity contribution in [1.82, 2.24) is 19.9 Å². The van der Waals surface area contributed by atoms with Crippen LogP contribution in [-0.2, 0) is 17.5 Å². The van der Waals surface area contributed by atoms with Crippen LogP contribution in [0.3, 0.4) is 0 Å². The number of carbonyl (C=O) groups excluding carboxylic acids is 2. The van der Waals surface area contributed by atoms with Crippen LogP contribution in [0.2, 0.25) is 0 Å². The van der Waals surface area contributed by atoms with E-state index in [9.17, 15) is 27.2 Å². The topological polar surface area (TPSA) is 98.0 Å². The zero-order valence-corrected chi connectivity index (χ0v) is 17.7. The number of fused-ring (bicyclic) bond motifs is 1. The van der Waals surface area contributed by atoms with E-state index in [-0.39, 0.29) is 30.0 Å². The molecule has 0 N–H and O–H groups in total. The van der Waals surface area contributed by atoms with Gasteiger partial charge in [-0.3, -0.25) is 4.90 Å². The molecule has 0 spiro atoms. The van der Waals surface area contributed by atoms with E-state index >= 15 is 0 Å². The van der Waals surface area contributed by atoms with E-state index < -0.39 is 41.9 Å². The fraction of sp³-hybridized carbons (Fsp3) is 0.500. The number of amides is 2. The zero-order valence-electron chi connectivity index (χ0n) is 17.7. The molecule has 1 saturated heterocycles. The number of hydrogen-bond acceptors (Lipinski definition) is 7. The summed E-state index contributed by atoms with van der Waals surface area (Å²) in [6, 6.07) is 1.60. The summed E-state index contributed by atoms with van der Waals surface area (Å²) in [6.07, 6.45) is -5.74. The molecule has 2 aliphatic rings. The Hall–Kier alpha value is -3.38. The largest absolute Gasteiger partial charge is 0.491 e. The van der Waals surface area contributed by atoms with Crippen molar-refractivity contribution in [3.63, 3.8) is 0 Å². The third-order valence-electron chi connectivity index (χ3n) is 5.51. The number of aromatic nitrogens is 2. The van der Waals surface area contributed by atoms with Crippen molar-refractivity contribution in [3.05, 3.63) is 29.4 Å². The molecule has 2 aromatic rings. The normalized spacial score (nSPS) is 20.8. The molecule has 13 heteroatoms. The highest BCUT2D eigenvalue weighted by Crippen LogP contribution is 2.34. The molecule has 3 heterocycles. The number of alkyl halides is 3. The van der Waals surface area contributed by atoms with Gasteiger partial charge in [0.05, 0.1) is 12.6 Å². The van der Waals surface area contributed by atoms with Gasteiger partial charge in [-0.1, -0.05) is 12.1 Å². The Kier molecular flexibility index (Phi) is 5.89.